The molecular weight excluding hydrogens is 210 g/mol. The van der Waals surface area contributed by atoms with E-state index < -0.39 is 5.97 Å². The van der Waals surface area contributed by atoms with Crippen LogP contribution in [0.4, 0.5) is 5.69 Å². The van der Waals surface area contributed by atoms with Crippen molar-refractivity contribution in [2.24, 2.45) is 5.92 Å². The van der Waals surface area contributed by atoms with Crippen molar-refractivity contribution in [2.45, 2.75) is 6.92 Å². The van der Waals surface area contributed by atoms with Gasteiger partial charge in [0.1, 0.15) is 5.56 Å². The van der Waals surface area contributed by atoms with E-state index >= 15 is 0 Å². The van der Waals surface area contributed by atoms with Crippen LogP contribution in [0.1, 0.15) is 17.3 Å². The number of rotatable bonds is 1. The molecule has 5 nitrogen and oxygen atoms in total. The van der Waals surface area contributed by atoms with E-state index in [1.807, 2.05) is 0 Å². The van der Waals surface area contributed by atoms with E-state index in [1.165, 1.54) is 6.07 Å². The average Bonchev–Trinajstić information content (AvgIpc) is 2.39. The van der Waals surface area contributed by atoms with Gasteiger partial charge in [0.05, 0.1) is 18.2 Å². The fraction of sp³-hybridized carbons (Fsp3) is 0.273. The Labute approximate surface area is 92.0 Å². The highest BCUT2D eigenvalue weighted by molar-refractivity contribution is 5.99. The molecule has 1 unspecified atom stereocenters. The Morgan fingerprint density at radius 1 is 1.56 bits per heavy atom. The standard InChI is InChI=1S/C11H11NO4/c1-6-5-16-9-7(11(14)15)3-2-4-8(9)12-10(6)13/h2-4,6H,5H2,1H3,(H,12,13)(H,14,15). The first kappa shape index (κ1) is 10.5. The predicted octanol–water partition coefficient (Wildman–Crippen LogP) is 1.35. The quantitative estimate of drug-likeness (QED) is 0.750. The molecule has 1 aromatic carbocycles. The van der Waals surface area contributed by atoms with Gasteiger partial charge in [0, 0.05) is 0 Å². The minimum absolute atomic E-state index is 0.0619. The van der Waals surface area contributed by atoms with Crippen molar-refractivity contribution in [3.8, 4) is 5.75 Å². The summed E-state index contributed by atoms with van der Waals surface area (Å²) in [6.45, 7) is 1.91. The molecule has 0 radical (unpaired) electrons. The van der Waals surface area contributed by atoms with Crippen LogP contribution in [-0.4, -0.2) is 23.6 Å². The van der Waals surface area contributed by atoms with Crippen molar-refractivity contribution in [1.29, 1.82) is 0 Å². The van der Waals surface area contributed by atoms with Crippen molar-refractivity contribution in [3.05, 3.63) is 23.8 Å². The number of fused-ring (bicyclic) bond motifs is 1. The van der Waals surface area contributed by atoms with Gasteiger partial charge in [-0.1, -0.05) is 13.0 Å². The van der Waals surface area contributed by atoms with Crippen molar-refractivity contribution >= 4 is 17.6 Å². The number of nitrogens with one attached hydrogen (secondary N) is 1. The van der Waals surface area contributed by atoms with Gasteiger partial charge in [-0.2, -0.15) is 0 Å². The molecule has 0 saturated heterocycles. The van der Waals surface area contributed by atoms with Gasteiger partial charge in [0.2, 0.25) is 5.91 Å². The number of carboxylic acids is 1. The van der Waals surface area contributed by atoms with Crippen LogP contribution in [0.15, 0.2) is 18.2 Å². The van der Waals surface area contributed by atoms with Gasteiger partial charge in [-0.25, -0.2) is 4.79 Å². The van der Waals surface area contributed by atoms with Crippen molar-refractivity contribution in [1.82, 2.24) is 0 Å². The molecule has 84 valence electrons. The number of ether oxygens (including phenoxy) is 1. The van der Waals surface area contributed by atoms with Crippen LogP contribution in [0.5, 0.6) is 5.75 Å². The molecule has 0 fully saturated rings. The molecule has 0 saturated carbocycles. The van der Waals surface area contributed by atoms with Crippen LogP contribution in [0.25, 0.3) is 0 Å². The Hall–Kier alpha value is -2.04. The Bertz CT molecular complexity index is 455. The molecular formula is C11H11NO4. The third kappa shape index (κ3) is 1.71. The smallest absolute Gasteiger partial charge is 0.339 e. The topological polar surface area (TPSA) is 75.6 Å². The number of amides is 1. The molecule has 1 heterocycles. The van der Waals surface area contributed by atoms with Crippen molar-refractivity contribution in [3.63, 3.8) is 0 Å². The van der Waals surface area contributed by atoms with Gasteiger partial charge in [-0.15, -0.1) is 0 Å². The molecule has 2 N–H and O–H groups in total. The van der Waals surface area contributed by atoms with E-state index in [0.29, 0.717) is 5.69 Å². The van der Waals surface area contributed by atoms with E-state index in [0.717, 1.165) is 0 Å². The predicted molar refractivity (Wildman–Crippen MR) is 56.7 cm³/mol. The summed E-state index contributed by atoms with van der Waals surface area (Å²) in [5.74, 6) is -1.30. The van der Waals surface area contributed by atoms with Gasteiger partial charge in [-0.3, -0.25) is 4.79 Å². The van der Waals surface area contributed by atoms with Crippen LogP contribution in [0, 0.1) is 5.92 Å². The first-order valence-electron chi connectivity index (χ1n) is 4.89. The van der Waals surface area contributed by atoms with Crippen molar-refractivity contribution in [2.75, 3.05) is 11.9 Å². The first-order chi connectivity index (χ1) is 7.59. The van der Waals surface area contributed by atoms with Crippen LogP contribution < -0.4 is 10.1 Å². The fourth-order valence-corrected chi connectivity index (χ4v) is 1.50. The molecule has 2 rings (SSSR count). The minimum atomic E-state index is -1.07. The van der Waals surface area contributed by atoms with Gasteiger partial charge >= 0.3 is 5.97 Å². The highest BCUT2D eigenvalue weighted by atomic mass is 16.5. The number of hydrogen-bond acceptors (Lipinski definition) is 3. The van der Waals surface area contributed by atoms with E-state index in [-0.39, 0.29) is 29.7 Å². The lowest BCUT2D eigenvalue weighted by atomic mass is 10.1. The van der Waals surface area contributed by atoms with Crippen LogP contribution >= 0.6 is 0 Å². The molecule has 0 spiro atoms. The van der Waals surface area contributed by atoms with Crippen molar-refractivity contribution < 1.29 is 19.4 Å². The minimum Gasteiger partial charge on any atom is -0.490 e. The summed E-state index contributed by atoms with van der Waals surface area (Å²) < 4.78 is 5.36. The lowest BCUT2D eigenvalue weighted by Crippen LogP contribution is -2.21. The average molecular weight is 221 g/mol. The lowest BCUT2D eigenvalue weighted by molar-refractivity contribution is -0.119. The van der Waals surface area contributed by atoms with Crippen LogP contribution in [0.2, 0.25) is 0 Å². The molecule has 0 bridgehead atoms. The molecule has 16 heavy (non-hydrogen) atoms. The molecule has 1 aliphatic heterocycles. The van der Waals surface area contributed by atoms with Crippen LogP contribution in [-0.2, 0) is 4.79 Å². The number of aromatic carboxylic acids is 1. The van der Waals surface area contributed by atoms with E-state index in [2.05, 4.69) is 5.32 Å². The second kappa shape index (κ2) is 3.84. The molecule has 1 atom stereocenters. The second-order valence-corrected chi connectivity index (χ2v) is 3.69. The van der Waals surface area contributed by atoms with Gasteiger partial charge in [0.25, 0.3) is 0 Å². The first-order valence-corrected chi connectivity index (χ1v) is 4.89. The molecule has 0 aliphatic carbocycles. The van der Waals surface area contributed by atoms with E-state index in [9.17, 15) is 9.59 Å². The Morgan fingerprint density at radius 2 is 2.31 bits per heavy atom. The number of carbonyl (C=O) groups excluding carboxylic acids is 1. The normalized spacial score (nSPS) is 19.1. The third-order valence-corrected chi connectivity index (χ3v) is 2.43. The number of carboxylic acid groups (broad SMARTS) is 1. The number of para-hydroxylation sites is 1. The van der Waals surface area contributed by atoms with Gasteiger partial charge < -0.3 is 15.2 Å². The third-order valence-electron chi connectivity index (χ3n) is 2.43. The zero-order chi connectivity index (χ0) is 11.7. The fourth-order valence-electron chi connectivity index (χ4n) is 1.50. The second-order valence-electron chi connectivity index (χ2n) is 3.69. The summed E-state index contributed by atoms with van der Waals surface area (Å²) >= 11 is 0. The summed E-state index contributed by atoms with van der Waals surface area (Å²) in [4.78, 5) is 22.5. The molecule has 0 aromatic heterocycles. The van der Waals surface area contributed by atoms with E-state index in [4.69, 9.17) is 9.84 Å². The summed E-state index contributed by atoms with van der Waals surface area (Å²) in [6.07, 6.45) is 0. The van der Waals surface area contributed by atoms with Gasteiger partial charge in [0.15, 0.2) is 5.75 Å². The zero-order valence-electron chi connectivity index (χ0n) is 8.69. The Morgan fingerprint density at radius 3 is 3.00 bits per heavy atom. The maximum Gasteiger partial charge on any atom is 0.339 e. The number of hydrogen-bond donors (Lipinski definition) is 2. The molecule has 1 amide bonds. The monoisotopic (exact) mass is 221 g/mol. The molecule has 1 aromatic rings. The highest BCUT2D eigenvalue weighted by Crippen LogP contribution is 2.31. The largest absolute Gasteiger partial charge is 0.490 e. The summed E-state index contributed by atoms with van der Waals surface area (Å²) in [6, 6.07) is 4.64. The number of carbonyl (C=O) groups is 2. The summed E-state index contributed by atoms with van der Waals surface area (Å²) in [5, 5.41) is 11.6. The Kier molecular flexibility index (Phi) is 2.52. The zero-order valence-corrected chi connectivity index (χ0v) is 8.69. The number of anilines is 1. The maximum absolute atomic E-state index is 11.5. The highest BCUT2D eigenvalue weighted by Gasteiger charge is 2.24. The molecule has 1 aliphatic rings. The number of benzene rings is 1. The SMILES string of the molecule is CC1COc2c(cccc2C(=O)O)NC1=O. The summed E-state index contributed by atoms with van der Waals surface area (Å²) in [7, 11) is 0. The summed E-state index contributed by atoms with van der Waals surface area (Å²) in [5.41, 5.74) is 0.473. The van der Waals surface area contributed by atoms with Gasteiger partial charge in [-0.05, 0) is 12.1 Å². The van der Waals surface area contributed by atoms with E-state index in [1.54, 1.807) is 19.1 Å². The van der Waals surface area contributed by atoms with Crippen LogP contribution in [0.3, 0.4) is 0 Å². The Balaban J connectivity index is 2.48. The maximum atomic E-state index is 11.5. The molecule has 5 heteroatoms. The lowest BCUT2D eigenvalue weighted by Gasteiger charge is -2.09.